The van der Waals surface area contributed by atoms with Gasteiger partial charge in [0, 0.05) is 19.2 Å². The molecule has 0 aromatic heterocycles. The van der Waals surface area contributed by atoms with Crippen LogP contribution in [0.15, 0.2) is 12.2 Å². The van der Waals surface area contributed by atoms with Crippen molar-refractivity contribution in [2.75, 3.05) is 13.6 Å². The van der Waals surface area contributed by atoms with Crippen LogP contribution in [0.3, 0.4) is 0 Å². The van der Waals surface area contributed by atoms with Gasteiger partial charge in [-0.3, -0.25) is 4.79 Å². The number of unbranched alkanes of at least 4 members (excludes halogenated alkanes) is 3. The Morgan fingerprint density at radius 1 is 1.21 bits per heavy atom. The summed E-state index contributed by atoms with van der Waals surface area (Å²) in [6.07, 6.45) is 5.64. The molecule has 0 fully saturated rings. The van der Waals surface area contributed by atoms with Crippen molar-refractivity contribution >= 4 is 5.91 Å². The maximum absolute atomic E-state index is 11.6. The second-order valence-corrected chi connectivity index (χ2v) is 3.73. The van der Waals surface area contributed by atoms with E-state index < -0.39 is 0 Å². The molecule has 0 aliphatic rings. The van der Waals surface area contributed by atoms with Gasteiger partial charge in [-0.05, 0) is 19.8 Å². The van der Waals surface area contributed by atoms with Crippen LogP contribution in [0.2, 0.25) is 0 Å². The molecule has 0 aliphatic carbocycles. The third kappa shape index (κ3) is 5.05. The summed E-state index contributed by atoms with van der Waals surface area (Å²) in [5.41, 5.74) is 0.755. The highest BCUT2D eigenvalue weighted by Gasteiger charge is 2.09. The molecule has 1 amide bonds. The molecule has 2 heteroatoms. The van der Waals surface area contributed by atoms with Crippen molar-refractivity contribution in [3.05, 3.63) is 12.2 Å². The van der Waals surface area contributed by atoms with Gasteiger partial charge in [0.25, 0.3) is 0 Å². The number of nitrogens with zero attached hydrogens (tertiary/aromatic N) is 1. The number of amides is 1. The van der Waals surface area contributed by atoms with Crippen molar-refractivity contribution in [3.63, 3.8) is 0 Å². The summed E-state index contributed by atoms with van der Waals surface area (Å²) in [5, 5.41) is 0. The summed E-state index contributed by atoms with van der Waals surface area (Å²) >= 11 is 0. The Morgan fingerprint density at radius 3 is 2.36 bits per heavy atom. The molecule has 2 nitrogen and oxygen atoms in total. The van der Waals surface area contributed by atoms with E-state index in [2.05, 4.69) is 13.5 Å². The van der Waals surface area contributed by atoms with E-state index in [1.807, 2.05) is 14.0 Å². The molecule has 0 radical (unpaired) electrons. The Labute approximate surface area is 88.0 Å². The van der Waals surface area contributed by atoms with Gasteiger partial charge in [0.05, 0.1) is 0 Å². The van der Waals surface area contributed by atoms with E-state index in [1.54, 1.807) is 4.90 Å². The average Bonchev–Trinajstić information content (AvgIpc) is 2.21. The zero-order chi connectivity index (χ0) is 11.0. The van der Waals surface area contributed by atoms with E-state index in [-0.39, 0.29) is 5.91 Å². The van der Waals surface area contributed by atoms with Crippen molar-refractivity contribution in [1.82, 2.24) is 4.90 Å². The molecule has 0 bridgehead atoms. The molecule has 82 valence electrons. The van der Waals surface area contributed by atoms with Gasteiger partial charge < -0.3 is 4.90 Å². The molecule has 0 saturated heterocycles. The predicted molar refractivity (Wildman–Crippen MR) is 61.2 cm³/mol. The monoisotopic (exact) mass is 197 g/mol. The van der Waals surface area contributed by atoms with Gasteiger partial charge in [0.1, 0.15) is 0 Å². The van der Waals surface area contributed by atoms with Crippen LogP contribution in [0.5, 0.6) is 0 Å². The van der Waals surface area contributed by atoms with Crippen molar-refractivity contribution < 1.29 is 4.79 Å². The van der Waals surface area contributed by atoms with Crippen LogP contribution in [0.1, 0.15) is 46.0 Å². The highest BCUT2D eigenvalue weighted by molar-refractivity contribution is 5.92. The van der Waals surface area contributed by atoms with Crippen molar-refractivity contribution in [1.29, 1.82) is 0 Å². The highest BCUT2D eigenvalue weighted by Crippen LogP contribution is 2.10. The highest BCUT2D eigenvalue weighted by atomic mass is 16.2. The number of likely N-dealkylation sites (N-methyl/N-ethyl adjacent to an activating group) is 1. The van der Waals surface area contributed by atoms with Crippen LogP contribution in [0.25, 0.3) is 0 Å². The van der Waals surface area contributed by atoms with Crippen LogP contribution in [0.4, 0.5) is 0 Å². The first-order chi connectivity index (χ1) is 6.63. The van der Waals surface area contributed by atoms with Gasteiger partial charge in [-0.25, -0.2) is 0 Å². The molecule has 0 aromatic rings. The van der Waals surface area contributed by atoms with Crippen LogP contribution < -0.4 is 0 Å². The Bertz CT molecular complexity index is 187. The normalized spacial score (nSPS) is 9.93. The van der Waals surface area contributed by atoms with Gasteiger partial charge in [-0.1, -0.05) is 32.8 Å². The van der Waals surface area contributed by atoms with E-state index >= 15 is 0 Å². The standard InChI is InChI=1S/C12H23NO/c1-5-7-8-9-10-11(3)12(14)13(4)6-2/h3,5-10H2,1-2,4H3. The van der Waals surface area contributed by atoms with Crippen molar-refractivity contribution in [2.24, 2.45) is 0 Å². The molecule has 0 heterocycles. The summed E-state index contributed by atoms with van der Waals surface area (Å²) in [5.74, 6) is 0.101. The lowest BCUT2D eigenvalue weighted by atomic mass is 10.1. The fourth-order valence-electron chi connectivity index (χ4n) is 1.29. The van der Waals surface area contributed by atoms with Gasteiger partial charge in [0.2, 0.25) is 5.91 Å². The first-order valence-electron chi connectivity index (χ1n) is 5.56. The summed E-state index contributed by atoms with van der Waals surface area (Å²) in [6.45, 7) is 8.75. The van der Waals surface area contributed by atoms with Crippen molar-refractivity contribution in [3.8, 4) is 0 Å². The molecular weight excluding hydrogens is 174 g/mol. The van der Waals surface area contributed by atoms with Crippen LogP contribution in [-0.4, -0.2) is 24.4 Å². The molecule has 0 unspecified atom stereocenters. The number of carbonyl (C=O) groups excluding carboxylic acids is 1. The summed E-state index contributed by atoms with van der Waals surface area (Å²) in [7, 11) is 1.82. The molecule has 0 N–H and O–H groups in total. The first kappa shape index (κ1) is 13.2. The van der Waals surface area contributed by atoms with Gasteiger partial charge in [0.15, 0.2) is 0 Å². The van der Waals surface area contributed by atoms with Gasteiger partial charge in [-0.2, -0.15) is 0 Å². The molecule has 0 rings (SSSR count). The molecular formula is C12H23NO. The number of hydrogen-bond donors (Lipinski definition) is 0. The molecule has 0 atom stereocenters. The number of hydrogen-bond acceptors (Lipinski definition) is 1. The Kier molecular flexibility index (Phi) is 7.17. The summed E-state index contributed by atoms with van der Waals surface area (Å²) in [6, 6.07) is 0. The van der Waals surface area contributed by atoms with E-state index in [0.717, 1.165) is 25.0 Å². The molecule has 14 heavy (non-hydrogen) atoms. The largest absolute Gasteiger partial charge is 0.342 e. The number of carbonyl (C=O) groups is 1. The Morgan fingerprint density at radius 2 is 1.86 bits per heavy atom. The Balaban J connectivity index is 3.68. The van der Waals surface area contributed by atoms with E-state index in [0.29, 0.717) is 0 Å². The molecule has 0 aliphatic heterocycles. The molecule has 0 saturated carbocycles. The minimum Gasteiger partial charge on any atom is -0.342 e. The van der Waals surface area contributed by atoms with Crippen molar-refractivity contribution in [2.45, 2.75) is 46.0 Å². The molecule has 0 spiro atoms. The van der Waals surface area contributed by atoms with E-state index in [4.69, 9.17) is 0 Å². The topological polar surface area (TPSA) is 20.3 Å². The minimum absolute atomic E-state index is 0.101. The lowest BCUT2D eigenvalue weighted by molar-refractivity contribution is -0.125. The van der Waals surface area contributed by atoms with Gasteiger partial charge >= 0.3 is 0 Å². The third-order valence-corrected chi connectivity index (χ3v) is 2.46. The fraction of sp³-hybridized carbons (Fsp3) is 0.750. The maximum atomic E-state index is 11.6. The fourth-order valence-corrected chi connectivity index (χ4v) is 1.29. The quantitative estimate of drug-likeness (QED) is 0.454. The van der Waals surface area contributed by atoms with Gasteiger partial charge in [-0.15, -0.1) is 0 Å². The minimum atomic E-state index is 0.101. The summed E-state index contributed by atoms with van der Waals surface area (Å²) in [4.78, 5) is 13.3. The van der Waals surface area contributed by atoms with Crippen LogP contribution in [-0.2, 0) is 4.79 Å². The second-order valence-electron chi connectivity index (χ2n) is 3.73. The second kappa shape index (κ2) is 7.60. The SMILES string of the molecule is C=C(CCCCCC)C(=O)N(C)CC. The lowest BCUT2D eigenvalue weighted by Crippen LogP contribution is -2.27. The first-order valence-corrected chi connectivity index (χ1v) is 5.56. The smallest absolute Gasteiger partial charge is 0.248 e. The zero-order valence-corrected chi connectivity index (χ0v) is 9.81. The van der Waals surface area contributed by atoms with Crippen LogP contribution >= 0.6 is 0 Å². The number of rotatable bonds is 7. The zero-order valence-electron chi connectivity index (χ0n) is 9.81. The summed E-state index contributed by atoms with van der Waals surface area (Å²) < 4.78 is 0. The van der Waals surface area contributed by atoms with E-state index in [9.17, 15) is 4.79 Å². The lowest BCUT2D eigenvalue weighted by Gasteiger charge is -2.15. The molecule has 0 aromatic carbocycles. The predicted octanol–water partition coefficient (Wildman–Crippen LogP) is 2.99. The maximum Gasteiger partial charge on any atom is 0.248 e. The Hall–Kier alpha value is -0.790. The van der Waals surface area contributed by atoms with Crippen LogP contribution in [0, 0.1) is 0 Å². The third-order valence-electron chi connectivity index (χ3n) is 2.46. The van der Waals surface area contributed by atoms with E-state index in [1.165, 1.54) is 19.3 Å². The average molecular weight is 197 g/mol.